The molecule has 3 aromatic rings. The second-order valence-corrected chi connectivity index (χ2v) is 4.56. The Bertz CT molecular complexity index is 734. The standard InChI is InChI=1S/C17H13FO/c18-17-3-1-2-13(10-17)16-7-6-14-8-12(11-19)4-5-15(14)9-16/h1-10,19H,11H2. The van der Waals surface area contributed by atoms with Gasteiger partial charge in [-0.05, 0) is 51.7 Å². The molecule has 1 nitrogen and oxygen atoms in total. The summed E-state index contributed by atoms with van der Waals surface area (Å²) in [5.74, 6) is -0.228. The lowest BCUT2D eigenvalue weighted by Crippen LogP contribution is -1.84. The van der Waals surface area contributed by atoms with Gasteiger partial charge in [-0.25, -0.2) is 4.39 Å². The van der Waals surface area contributed by atoms with E-state index in [-0.39, 0.29) is 12.4 Å². The zero-order valence-electron chi connectivity index (χ0n) is 10.3. The number of fused-ring (bicyclic) bond motifs is 1. The van der Waals surface area contributed by atoms with Gasteiger partial charge in [0.1, 0.15) is 5.82 Å². The Balaban J connectivity index is 2.11. The molecule has 0 aromatic heterocycles. The zero-order valence-corrected chi connectivity index (χ0v) is 10.3. The summed E-state index contributed by atoms with van der Waals surface area (Å²) in [6, 6.07) is 18.4. The van der Waals surface area contributed by atoms with E-state index < -0.39 is 0 Å². The molecule has 0 unspecified atom stereocenters. The Morgan fingerprint density at radius 2 is 1.53 bits per heavy atom. The second kappa shape index (κ2) is 4.82. The molecule has 3 rings (SSSR count). The minimum atomic E-state index is -0.228. The first-order valence-electron chi connectivity index (χ1n) is 6.16. The molecule has 0 saturated heterocycles. The summed E-state index contributed by atoms with van der Waals surface area (Å²) in [6.45, 7) is 0.0432. The van der Waals surface area contributed by atoms with Gasteiger partial charge < -0.3 is 5.11 Å². The van der Waals surface area contributed by atoms with Crippen LogP contribution in [0.25, 0.3) is 21.9 Å². The first-order chi connectivity index (χ1) is 9.26. The first kappa shape index (κ1) is 11.9. The summed E-state index contributed by atoms with van der Waals surface area (Å²) in [5.41, 5.74) is 2.75. The summed E-state index contributed by atoms with van der Waals surface area (Å²) in [4.78, 5) is 0. The van der Waals surface area contributed by atoms with Gasteiger partial charge in [-0.2, -0.15) is 0 Å². The van der Waals surface area contributed by atoms with E-state index in [0.29, 0.717) is 0 Å². The van der Waals surface area contributed by atoms with Crippen molar-refractivity contribution in [1.29, 1.82) is 0 Å². The van der Waals surface area contributed by atoms with Crippen LogP contribution in [0, 0.1) is 5.82 Å². The number of aliphatic hydroxyl groups is 1. The smallest absolute Gasteiger partial charge is 0.123 e. The lowest BCUT2D eigenvalue weighted by atomic mass is 10.00. The lowest BCUT2D eigenvalue weighted by molar-refractivity contribution is 0.282. The van der Waals surface area contributed by atoms with Crippen molar-refractivity contribution in [2.24, 2.45) is 0 Å². The van der Waals surface area contributed by atoms with Crippen LogP contribution < -0.4 is 0 Å². The Morgan fingerprint density at radius 1 is 0.789 bits per heavy atom. The Labute approximate surface area is 110 Å². The van der Waals surface area contributed by atoms with Crippen molar-refractivity contribution < 1.29 is 9.50 Å². The Kier molecular flexibility index (Phi) is 3.02. The van der Waals surface area contributed by atoms with E-state index in [9.17, 15) is 4.39 Å². The maximum Gasteiger partial charge on any atom is 0.123 e. The van der Waals surface area contributed by atoms with Gasteiger partial charge in [0.05, 0.1) is 6.61 Å². The maximum atomic E-state index is 13.2. The highest BCUT2D eigenvalue weighted by Crippen LogP contribution is 2.25. The molecule has 19 heavy (non-hydrogen) atoms. The van der Waals surface area contributed by atoms with Gasteiger partial charge >= 0.3 is 0 Å². The molecule has 0 saturated carbocycles. The third-order valence-electron chi connectivity index (χ3n) is 3.25. The van der Waals surface area contributed by atoms with Gasteiger partial charge in [0.15, 0.2) is 0 Å². The van der Waals surface area contributed by atoms with Crippen LogP contribution in [-0.2, 0) is 6.61 Å². The number of benzene rings is 3. The van der Waals surface area contributed by atoms with Crippen molar-refractivity contribution in [3.05, 3.63) is 72.0 Å². The molecule has 1 N–H and O–H groups in total. The molecule has 0 amide bonds. The van der Waals surface area contributed by atoms with Crippen LogP contribution in [0.4, 0.5) is 4.39 Å². The Morgan fingerprint density at radius 3 is 2.32 bits per heavy atom. The van der Waals surface area contributed by atoms with Crippen LogP contribution >= 0.6 is 0 Å². The van der Waals surface area contributed by atoms with E-state index >= 15 is 0 Å². The van der Waals surface area contributed by atoms with Crippen molar-refractivity contribution in [1.82, 2.24) is 0 Å². The molecule has 2 heteroatoms. The third kappa shape index (κ3) is 2.35. The van der Waals surface area contributed by atoms with Gasteiger partial charge in [0.2, 0.25) is 0 Å². The van der Waals surface area contributed by atoms with Gasteiger partial charge in [0.25, 0.3) is 0 Å². The van der Waals surface area contributed by atoms with E-state index in [2.05, 4.69) is 0 Å². The highest BCUT2D eigenvalue weighted by molar-refractivity contribution is 5.87. The van der Waals surface area contributed by atoms with Gasteiger partial charge in [0, 0.05) is 0 Å². The molecular formula is C17H13FO. The number of halogens is 1. The minimum Gasteiger partial charge on any atom is -0.392 e. The molecule has 0 fully saturated rings. The van der Waals surface area contributed by atoms with Crippen molar-refractivity contribution in [2.75, 3.05) is 0 Å². The molecule has 0 spiro atoms. The summed E-state index contributed by atoms with van der Waals surface area (Å²) in [6.07, 6.45) is 0. The average Bonchev–Trinajstić information content (AvgIpc) is 2.46. The average molecular weight is 252 g/mol. The highest BCUT2D eigenvalue weighted by Gasteiger charge is 2.02. The quantitative estimate of drug-likeness (QED) is 0.726. The van der Waals surface area contributed by atoms with E-state index in [0.717, 1.165) is 27.5 Å². The number of hydrogen-bond acceptors (Lipinski definition) is 1. The SMILES string of the molecule is OCc1ccc2cc(-c3cccc(F)c3)ccc2c1. The van der Waals surface area contributed by atoms with Crippen LogP contribution in [0.15, 0.2) is 60.7 Å². The lowest BCUT2D eigenvalue weighted by Gasteiger charge is -2.05. The molecule has 0 radical (unpaired) electrons. The summed E-state index contributed by atoms with van der Waals surface area (Å²) in [5, 5.41) is 11.3. The van der Waals surface area contributed by atoms with Crippen molar-refractivity contribution in [3.63, 3.8) is 0 Å². The normalized spacial score (nSPS) is 10.8. The molecule has 94 valence electrons. The third-order valence-corrected chi connectivity index (χ3v) is 3.25. The Hall–Kier alpha value is -2.19. The van der Waals surface area contributed by atoms with Crippen LogP contribution in [0.5, 0.6) is 0 Å². The predicted octanol–water partition coefficient (Wildman–Crippen LogP) is 4.14. The largest absolute Gasteiger partial charge is 0.392 e. The van der Waals surface area contributed by atoms with Crippen LogP contribution in [-0.4, -0.2) is 5.11 Å². The van der Waals surface area contributed by atoms with E-state index in [4.69, 9.17) is 5.11 Å². The topological polar surface area (TPSA) is 20.2 Å². The first-order valence-corrected chi connectivity index (χ1v) is 6.16. The zero-order chi connectivity index (χ0) is 13.2. The highest BCUT2D eigenvalue weighted by atomic mass is 19.1. The predicted molar refractivity (Wildman–Crippen MR) is 75.3 cm³/mol. The summed E-state index contributed by atoms with van der Waals surface area (Å²) < 4.78 is 13.2. The molecule has 0 heterocycles. The number of aliphatic hydroxyl groups excluding tert-OH is 1. The van der Waals surface area contributed by atoms with Crippen molar-refractivity contribution >= 4 is 10.8 Å². The molecule has 3 aromatic carbocycles. The molecule has 0 aliphatic rings. The second-order valence-electron chi connectivity index (χ2n) is 4.56. The number of hydrogen-bond donors (Lipinski definition) is 1. The van der Waals surface area contributed by atoms with Crippen molar-refractivity contribution in [2.45, 2.75) is 6.61 Å². The van der Waals surface area contributed by atoms with E-state index in [1.807, 2.05) is 42.5 Å². The molecular weight excluding hydrogens is 239 g/mol. The van der Waals surface area contributed by atoms with E-state index in [1.54, 1.807) is 6.07 Å². The monoisotopic (exact) mass is 252 g/mol. The summed E-state index contributed by atoms with van der Waals surface area (Å²) in [7, 11) is 0. The van der Waals surface area contributed by atoms with Gasteiger partial charge in [-0.1, -0.05) is 36.4 Å². The molecule has 0 aliphatic carbocycles. The maximum absolute atomic E-state index is 13.2. The fourth-order valence-corrected chi connectivity index (χ4v) is 2.24. The molecule has 0 bridgehead atoms. The minimum absolute atomic E-state index is 0.0432. The van der Waals surface area contributed by atoms with Crippen LogP contribution in [0.3, 0.4) is 0 Å². The van der Waals surface area contributed by atoms with E-state index in [1.165, 1.54) is 12.1 Å². The fraction of sp³-hybridized carbons (Fsp3) is 0.0588. The fourth-order valence-electron chi connectivity index (χ4n) is 2.24. The van der Waals surface area contributed by atoms with Gasteiger partial charge in [-0.15, -0.1) is 0 Å². The van der Waals surface area contributed by atoms with Crippen molar-refractivity contribution in [3.8, 4) is 11.1 Å². The molecule has 0 aliphatic heterocycles. The van der Waals surface area contributed by atoms with Crippen LogP contribution in [0.2, 0.25) is 0 Å². The number of rotatable bonds is 2. The summed E-state index contributed by atoms with van der Waals surface area (Å²) >= 11 is 0. The van der Waals surface area contributed by atoms with Gasteiger partial charge in [-0.3, -0.25) is 0 Å². The molecule has 0 atom stereocenters. The van der Waals surface area contributed by atoms with Crippen LogP contribution in [0.1, 0.15) is 5.56 Å².